The van der Waals surface area contributed by atoms with Crippen LogP contribution in [-0.4, -0.2) is 18.6 Å². The van der Waals surface area contributed by atoms with Crippen molar-refractivity contribution in [1.82, 2.24) is 5.32 Å². The third kappa shape index (κ3) is 4.17. The minimum atomic E-state index is 0.567. The van der Waals surface area contributed by atoms with Crippen LogP contribution in [0.3, 0.4) is 0 Å². The van der Waals surface area contributed by atoms with Gasteiger partial charge >= 0.3 is 0 Å². The first-order valence-electron chi connectivity index (χ1n) is 5.56. The number of aryl methyl sites for hydroxylation is 1. The van der Waals surface area contributed by atoms with E-state index in [1.807, 2.05) is 23.1 Å². The SMILES string of the molecule is CCCNC(CCSC)c1sccc1C. The monoisotopic (exact) mass is 243 g/mol. The molecule has 3 heteroatoms. The van der Waals surface area contributed by atoms with E-state index in [0.717, 1.165) is 6.54 Å². The van der Waals surface area contributed by atoms with Crippen molar-refractivity contribution in [1.29, 1.82) is 0 Å². The number of thioether (sulfide) groups is 1. The van der Waals surface area contributed by atoms with Crippen molar-refractivity contribution in [2.45, 2.75) is 32.7 Å². The fraction of sp³-hybridized carbons (Fsp3) is 0.667. The van der Waals surface area contributed by atoms with E-state index < -0.39 is 0 Å². The number of rotatable bonds is 7. The Morgan fingerprint density at radius 2 is 2.33 bits per heavy atom. The Kier molecular flexibility index (Phi) is 6.37. The lowest BCUT2D eigenvalue weighted by atomic mass is 10.1. The van der Waals surface area contributed by atoms with E-state index in [-0.39, 0.29) is 0 Å². The molecule has 0 aromatic carbocycles. The molecule has 0 bridgehead atoms. The van der Waals surface area contributed by atoms with Gasteiger partial charge in [0.15, 0.2) is 0 Å². The second-order valence-electron chi connectivity index (χ2n) is 3.76. The van der Waals surface area contributed by atoms with Crippen LogP contribution in [0.2, 0.25) is 0 Å². The molecule has 0 aliphatic heterocycles. The summed E-state index contributed by atoms with van der Waals surface area (Å²) < 4.78 is 0. The number of nitrogens with one attached hydrogen (secondary N) is 1. The Balaban J connectivity index is 2.58. The van der Waals surface area contributed by atoms with Gasteiger partial charge in [-0.25, -0.2) is 0 Å². The highest BCUT2D eigenvalue weighted by Gasteiger charge is 2.13. The Labute approximate surface area is 102 Å². The molecule has 1 unspecified atom stereocenters. The molecular formula is C12H21NS2. The zero-order valence-electron chi connectivity index (χ0n) is 9.88. The van der Waals surface area contributed by atoms with Crippen molar-refractivity contribution < 1.29 is 0 Å². The molecule has 0 saturated heterocycles. The molecule has 0 fully saturated rings. The molecule has 1 heterocycles. The largest absolute Gasteiger partial charge is 0.309 e. The van der Waals surface area contributed by atoms with Gasteiger partial charge in [-0.05, 0) is 55.3 Å². The van der Waals surface area contributed by atoms with Gasteiger partial charge in [0, 0.05) is 10.9 Å². The predicted octanol–water partition coefficient (Wildman–Crippen LogP) is 3.85. The maximum atomic E-state index is 3.64. The summed E-state index contributed by atoms with van der Waals surface area (Å²) in [6.45, 7) is 5.56. The van der Waals surface area contributed by atoms with E-state index in [0.29, 0.717) is 6.04 Å². The van der Waals surface area contributed by atoms with E-state index in [2.05, 4.69) is 36.9 Å². The van der Waals surface area contributed by atoms with Gasteiger partial charge in [-0.2, -0.15) is 11.8 Å². The minimum Gasteiger partial charge on any atom is -0.309 e. The summed E-state index contributed by atoms with van der Waals surface area (Å²) >= 11 is 3.82. The fourth-order valence-electron chi connectivity index (χ4n) is 1.62. The molecule has 0 aliphatic carbocycles. The van der Waals surface area contributed by atoms with Crippen molar-refractivity contribution in [3.8, 4) is 0 Å². The Hall–Kier alpha value is 0.0100. The Morgan fingerprint density at radius 1 is 1.53 bits per heavy atom. The molecule has 1 atom stereocenters. The Bertz CT molecular complexity index is 262. The molecule has 0 saturated carbocycles. The van der Waals surface area contributed by atoms with E-state index in [4.69, 9.17) is 0 Å². The van der Waals surface area contributed by atoms with Crippen molar-refractivity contribution in [2.24, 2.45) is 0 Å². The summed E-state index contributed by atoms with van der Waals surface area (Å²) in [6.07, 6.45) is 4.63. The van der Waals surface area contributed by atoms with E-state index >= 15 is 0 Å². The molecule has 15 heavy (non-hydrogen) atoms. The first-order chi connectivity index (χ1) is 7.29. The highest BCUT2D eigenvalue weighted by Crippen LogP contribution is 2.27. The number of hydrogen-bond donors (Lipinski definition) is 1. The van der Waals surface area contributed by atoms with Crippen LogP contribution in [0.1, 0.15) is 36.2 Å². The summed E-state index contributed by atoms with van der Waals surface area (Å²) in [7, 11) is 0. The molecule has 1 nitrogen and oxygen atoms in total. The van der Waals surface area contributed by atoms with Crippen molar-refractivity contribution in [2.75, 3.05) is 18.6 Å². The summed E-state index contributed by atoms with van der Waals surface area (Å²) in [5.41, 5.74) is 1.44. The summed E-state index contributed by atoms with van der Waals surface area (Å²) in [5.74, 6) is 1.23. The zero-order chi connectivity index (χ0) is 11.1. The number of hydrogen-bond acceptors (Lipinski definition) is 3. The van der Waals surface area contributed by atoms with E-state index in [9.17, 15) is 0 Å². The minimum absolute atomic E-state index is 0.567. The third-order valence-corrected chi connectivity index (χ3v) is 4.25. The van der Waals surface area contributed by atoms with Gasteiger partial charge < -0.3 is 5.32 Å². The van der Waals surface area contributed by atoms with Crippen LogP contribution in [0.5, 0.6) is 0 Å². The van der Waals surface area contributed by atoms with Crippen LogP contribution in [0.4, 0.5) is 0 Å². The molecule has 1 rings (SSSR count). The van der Waals surface area contributed by atoms with Gasteiger partial charge in [0.05, 0.1) is 0 Å². The summed E-state index contributed by atoms with van der Waals surface area (Å²) in [5, 5.41) is 5.84. The molecule has 0 spiro atoms. The standard InChI is InChI=1S/C12H21NS2/c1-4-7-13-11(6-8-14-3)12-10(2)5-9-15-12/h5,9,11,13H,4,6-8H2,1-3H3. The maximum absolute atomic E-state index is 3.64. The van der Waals surface area contributed by atoms with Gasteiger partial charge in [0.2, 0.25) is 0 Å². The fourth-order valence-corrected chi connectivity index (χ4v) is 3.13. The molecule has 0 amide bonds. The first-order valence-corrected chi connectivity index (χ1v) is 7.83. The highest BCUT2D eigenvalue weighted by atomic mass is 32.2. The van der Waals surface area contributed by atoms with Crippen molar-refractivity contribution in [3.63, 3.8) is 0 Å². The smallest absolute Gasteiger partial charge is 0.0425 e. The predicted molar refractivity (Wildman–Crippen MR) is 73.1 cm³/mol. The van der Waals surface area contributed by atoms with Crippen molar-refractivity contribution in [3.05, 3.63) is 21.9 Å². The van der Waals surface area contributed by atoms with Gasteiger partial charge in [-0.3, -0.25) is 0 Å². The topological polar surface area (TPSA) is 12.0 Å². The molecule has 1 aromatic rings. The van der Waals surface area contributed by atoms with Crippen LogP contribution < -0.4 is 5.32 Å². The highest BCUT2D eigenvalue weighted by molar-refractivity contribution is 7.98. The molecule has 0 radical (unpaired) electrons. The third-order valence-electron chi connectivity index (χ3n) is 2.47. The van der Waals surface area contributed by atoms with Gasteiger partial charge in [0.1, 0.15) is 0 Å². The van der Waals surface area contributed by atoms with E-state index in [1.54, 1.807) is 0 Å². The van der Waals surface area contributed by atoms with Gasteiger partial charge in [-0.15, -0.1) is 11.3 Å². The quantitative estimate of drug-likeness (QED) is 0.780. The molecule has 1 aromatic heterocycles. The van der Waals surface area contributed by atoms with Gasteiger partial charge in [-0.1, -0.05) is 6.92 Å². The second-order valence-corrected chi connectivity index (χ2v) is 5.69. The zero-order valence-corrected chi connectivity index (χ0v) is 11.5. The summed E-state index contributed by atoms with van der Waals surface area (Å²) in [6, 6.07) is 2.79. The Morgan fingerprint density at radius 3 is 2.87 bits per heavy atom. The number of thiophene rings is 1. The average molecular weight is 243 g/mol. The van der Waals surface area contributed by atoms with Gasteiger partial charge in [0.25, 0.3) is 0 Å². The van der Waals surface area contributed by atoms with E-state index in [1.165, 1.54) is 29.0 Å². The molecule has 1 N–H and O–H groups in total. The van der Waals surface area contributed by atoms with Crippen LogP contribution in [-0.2, 0) is 0 Å². The van der Waals surface area contributed by atoms with Crippen molar-refractivity contribution >= 4 is 23.1 Å². The molecular weight excluding hydrogens is 222 g/mol. The lowest BCUT2D eigenvalue weighted by Gasteiger charge is -2.17. The lowest BCUT2D eigenvalue weighted by Crippen LogP contribution is -2.22. The second kappa shape index (κ2) is 7.31. The normalized spacial score (nSPS) is 13.0. The average Bonchev–Trinajstić information content (AvgIpc) is 2.65. The maximum Gasteiger partial charge on any atom is 0.0425 e. The lowest BCUT2D eigenvalue weighted by molar-refractivity contribution is 0.527. The van der Waals surface area contributed by atoms with Crippen LogP contribution in [0.25, 0.3) is 0 Å². The first kappa shape index (κ1) is 13.1. The van der Waals surface area contributed by atoms with Crippen LogP contribution in [0.15, 0.2) is 11.4 Å². The van der Waals surface area contributed by atoms with Crippen LogP contribution in [0, 0.1) is 6.92 Å². The molecule has 86 valence electrons. The summed E-state index contributed by atoms with van der Waals surface area (Å²) in [4.78, 5) is 1.53. The molecule has 0 aliphatic rings. The van der Waals surface area contributed by atoms with Crippen LogP contribution >= 0.6 is 23.1 Å².